The molecule has 1 aliphatic heterocycles. The standard InChI is InChI=1S/C21H30N2O/c24-21(16-19-10-5-2-6-11-19)22-20-12-7-14-23(17-20)15-13-18-8-3-1-4-9-18/h1,3-4,8-10,20H,2,5-7,11-17H2,(H,22,24). The lowest BCUT2D eigenvalue weighted by Gasteiger charge is -2.33. The summed E-state index contributed by atoms with van der Waals surface area (Å²) < 4.78 is 0. The molecule has 1 aromatic carbocycles. The van der Waals surface area contributed by atoms with Crippen molar-refractivity contribution in [2.75, 3.05) is 19.6 Å². The number of amides is 1. The van der Waals surface area contributed by atoms with Crippen LogP contribution in [0.3, 0.4) is 0 Å². The highest BCUT2D eigenvalue weighted by molar-refractivity contribution is 5.78. The maximum absolute atomic E-state index is 12.3. The Bertz CT molecular complexity index is 552. The monoisotopic (exact) mass is 326 g/mol. The van der Waals surface area contributed by atoms with E-state index in [2.05, 4.69) is 46.6 Å². The molecule has 3 heteroatoms. The zero-order chi connectivity index (χ0) is 16.6. The third kappa shape index (κ3) is 5.48. The Morgan fingerprint density at radius 1 is 1.17 bits per heavy atom. The summed E-state index contributed by atoms with van der Waals surface area (Å²) in [6, 6.07) is 11.0. The van der Waals surface area contributed by atoms with Gasteiger partial charge in [0.25, 0.3) is 0 Å². The van der Waals surface area contributed by atoms with E-state index in [0.29, 0.717) is 12.5 Å². The normalized spacial score (nSPS) is 22.0. The average Bonchev–Trinajstić information content (AvgIpc) is 2.62. The van der Waals surface area contributed by atoms with E-state index in [0.717, 1.165) is 45.3 Å². The van der Waals surface area contributed by atoms with Crippen molar-refractivity contribution in [2.24, 2.45) is 0 Å². The number of hydrogen-bond acceptors (Lipinski definition) is 2. The predicted octanol–water partition coefficient (Wildman–Crippen LogP) is 3.70. The SMILES string of the molecule is O=C(CC1=CCCCC1)NC1CCCN(CCc2ccccc2)C1. The summed E-state index contributed by atoms with van der Waals surface area (Å²) in [5, 5.41) is 3.27. The van der Waals surface area contributed by atoms with Crippen LogP contribution in [0, 0.1) is 0 Å². The molecule has 2 aliphatic rings. The van der Waals surface area contributed by atoms with Gasteiger partial charge in [0.2, 0.25) is 5.91 Å². The number of carbonyl (C=O) groups is 1. The lowest BCUT2D eigenvalue weighted by Crippen LogP contribution is -2.48. The summed E-state index contributed by atoms with van der Waals surface area (Å²) in [5.74, 6) is 0.220. The first kappa shape index (κ1) is 17.2. The molecule has 3 nitrogen and oxygen atoms in total. The summed E-state index contributed by atoms with van der Waals surface area (Å²) in [6.45, 7) is 3.24. The number of carbonyl (C=O) groups excluding carboxylic acids is 1. The van der Waals surface area contributed by atoms with Crippen molar-refractivity contribution in [3.63, 3.8) is 0 Å². The van der Waals surface area contributed by atoms with Gasteiger partial charge < -0.3 is 10.2 Å². The molecule has 0 aromatic heterocycles. The second-order valence-electron chi connectivity index (χ2n) is 7.23. The molecule has 1 unspecified atom stereocenters. The molecule has 3 rings (SSSR count). The van der Waals surface area contributed by atoms with Crippen molar-refractivity contribution in [1.29, 1.82) is 0 Å². The maximum atomic E-state index is 12.3. The summed E-state index contributed by atoms with van der Waals surface area (Å²) in [7, 11) is 0. The van der Waals surface area contributed by atoms with Crippen molar-refractivity contribution in [3.05, 3.63) is 47.5 Å². The molecule has 1 fully saturated rings. The topological polar surface area (TPSA) is 32.3 Å². The molecule has 0 radical (unpaired) electrons. The molecule has 1 aliphatic carbocycles. The first-order valence-corrected chi connectivity index (χ1v) is 9.53. The Kier molecular flexibility index (Phi) is 6.48. The molecular weight excluding hydrogens is 296 g/mol. The largest absolute Gasteiger partial charge is 0.352 e. The quantitative estimate of drug-likeness (QED) is 0.809. The van der Waals surface area contributed by atoms with Crippen LogP contribution in [0.1, 0.15) is 50.5 Å². The lowest BCUT2D eigenvalue weighted by atomic mass is 9.96. The van der Waals surface area contributed by atoms with Gasteiger partial charge in [0, 0.05) is 25.6 Å². The molecule has 1 aromatic rings. The molecule has 1 amide bonds. The van der Waals surface area contributed by atoms with Gasteiger partial charge >= 0.3 is 0 Å². The third-order valence-corrected chi connectivity index (χ3v) is 5.20. The minimum atomic E-state index is 0.220. The van der Waals surface area contributed by atoms with Gasteiger partial charge in [-0.25, -0.2) is 0 Å². The van der Waals surface area contributed by atoms with Crippen LogP contribution in [0.25, 0.3) is 0 Å². The van der Waals surface area contributed by atoms with E-state index in [1.807, 2.05) is 0 Å². The molecule has 1 saturated heterocycles. The molecule has 24 heavy (non-hydrogen) atoms. The van der Waals surface area contributed by atoms with Crippen LogP contribution in [0.15, 0.2) is 42.0 Å². The second kappa shape index (κ2) is 9.03. The van der Waals surface area contributed by atoms with Crippen LogP contribution in [0.4, 0.5) is 0 Å². The predicted molar refractivity (Wildman–Crippen MR) is 98.9 cm³/mol. The van der Waals surface area contributed by atoms with Gasteiger partial charge in [0.05, 0.1) is 0 Å². The molecule has 0 spiro atoms. The zero-order valence-corrected chi connectivity index (χ0v) is 14.7. The first-order valence-electron chi connectivity index (χ1n) is 9.53. The summed E-state index contributed by atoms with van der Waals surface area (Å²) in [6.07, 6.45) is 11.1. The van der Waals surface area contributed by atoms with Crippen molar-refractivity contribution in [2.45, 2.75) is 57.4 Å². The summed E-state index contributed by atoms with van der Waals surface area (Å²) in [5.41, 5.74) is 2.74. The van der Waals surface area contributed by atoms with Gasteiger partial charge in [-0.2, -0.15) is 0 Å². The molecule has 1 heterocycles. The zero-order valence-electron chi connectivity index (χ0n) is 14.7. The number of nitrogens with zero attached hydrogens (tertiary/aromatic N) is 1. The van der Waals surface area contributed by atoms with Crippen molar-refractivity contribution < 1.29 is 4.79 Å². The highest BCUT2D eigenvalue weighted by Crippen LogP contribution is 2.20. The van der Waals surface area contributed by atoms with Crippen LogP contribution in [-0.2, 0) is 11.2 Å². The van der Waals surface area contributed by atoms with Crippen molar-refractivity contribution in [1.82, 2.24) is 10.2 Å². The Balaban J connectivity index is 1.41. The van der Waals surface area contributed by atoms with Gasteiger partial charge in [-0.1, -0.05) is 42.0 Å². The number of hydrogen-bond donors (Lipinski definition) is 1. The van der Waals surface area contributed by atoms with E-state index < -0.39 is 0 Å². The third-order valence-electron chi connectivity index (χ3n) is 5.20. The summed E-state index contributed by atoms with van der Waals surface area (Å²) in [4.78, 5) is 14.8. The first-order chi connectivity index (χ1) is 11.8. The van der Waals surface area contributed by atoms with E-state index in [4.69, 9.17) is 0 Å². The van der Waals surface area contributed by atoms with Crippen LogP contribution >= 0.6 is 0 Å². The highest BCUT2D eigenvalue weighted by atomic mass is 16.1. The second-order valence-corrected chi connectivity index (χ2v) is 7.23. The van der Waals surface area contributed by atoms with E-state index in [1.165, 1.54) is 30.4 Å². The van der Waals surface area contributed by atoms with Gasteiger partial charge in [0.15, 0.2) is 0 Å². The number of piperidine rings is 1. The summed E-state index contributed by atoms with van der Waals surface area (Å²) >= 11 is 0. The van der Waals surface area contributed by atoms with Crippen LogP contribution in [-0.4, -0.2) is 36.5 Å². The van der Waals surface area contributed by atoms with Gasteiger partial charge in [0.1, 0.15) is 0 Å². The number of benzene rings is 1. The Morgan fingerprint density at radius 2 is 2.04 bits per heavy atom. The molecule has 130 valence electrons. The molecule has 1 N–H and O–H groups in total. The Hall–Kier alpha value is -1.61. The maximum Gasteiger partial charge on any atom is 0.224 e. The van der Waals surface area contributed by atoms with Gasteiger partial charge in [-0.15, -0.1) is 0 Å². The van der Waals surface area contributed by atoms with E-state index in [9.17, 15) is 4.79 Å². The Morgan fingerprint density at radius 3 is 2.83 bits per heavy atom. The van der Waals surface area contributed by atoms with Crippen LogP contribution < -0.4 is 5.32 Å². The van der Waals surface area contributed by atoms with E-state index in [1.54, 1.807) is 0 Å². The van der Waals surface area contributed by atoms with Crippen LogP contribution in [0.5, 0.6) is 0 Å². The Labute approximate surface area is 146 Å². The van der Waals surface area contributed by atoms with Crippen molar-refractivity contribution in [3.8, 4) is 0 Å². The number of nitrogens with one attached hydrogen (secondary N) is 1. The molecule has 0 bridgehead atoms. The number of allylic oxidation sites excluding steroid dienone is 1. The smallest absolute Gasteiger partial charge is 0.224 e. The fourth-order valence-electron chi connectivity index (χ4n) is 3.86. The molecule has 1 atom stereocenters. The van der Waals surface area contributed by atoms with Gasteiger partial charge in [-0.3, -0.25) is 4.79 Å². The van der Waals surface area contributed by atoms with Gasteiger partial charge in [-0.05, 0) is 57.1 Å². The highest BCUT2D eigenvalue weighted by Gasteiger charge is 2.21. The minimum absolute atomic E-state index is 0.220. The number of likely N-dealkylation sites (tertiary alicyclic amines) is 1. The minimum Gasteiger partial charge on any atom is -0.352 e. The average molecular weight is 326 g/mol. The molecule has 0 saturated carbocycles. The van der Waals surface area contributed by atoms with Crippen molar-refractivity contribution >= 4 is 5.91 Å². The fourth-order valence-corrected chi connectivity index (χ4v) is 3.86. The van der Waals surface area contributed by atoms with E-state index >= 15 is 0 Å². The lowest BCUT2D eigenvalue weighted by molar-refractivity contribution is -0.121. The fraction of sp³-hybridized carbons (Fsp3) is 0.571. The number of rotatable bonds is 6. The van der Waals surface area contributed by atoms with E-state index in [-0.39, 0.29) is 5.91 Å². The van der Waals surface area contributed by atoms with Crippen LogP contribution in [0.2, 0.25) is 0 Å². The molecular formula is C21H30N2O.